The molecule has 0 amide bonds. The number of hydrogen-bond donors (Lipinski definition) is 0. The minimum atomic E-state index is -0.294. The van der Waals surface area contributed by atoms with Crippen LogP contribution in [0.2, 0.25) is 0 Å². The minimum Gasteiger partial charge on any atom is -0.294 e. The van der Waals surface area contributed by atoms with Crippen LogP contribution in [0.5, 0.6) is 0 Å². The van der Waals surface area contributed by atoms with Crippen LogP contribution < -0.4 is 0 Å². The Labute approximate surface area is 124 Å². The molecule has 104 valence electrons. The second kappa shape index (κ2) is 6.67. The maximum absolute atomic E-state index is 12.8. The summed E-state index contributed by atoms with van der Waals surface area (Å²) in [6.45, 7) is 5.58. The molecule has 21 heavy (non-hydrogen) atoms. The van der Waals surface area contributed by atoms with Gasteiger partial charge in [0.15, 0.2) is 5.78 Å². The van der Waals surface area contributed by atoms with E-state index in [0.29, 0.717) is 23.1 Å². The molecule has 0 saturated heterocycles. The predicted octanol–water partition coefficient (Wildman–Crippen LogP) is 4.37. The maximum Gasteiger partial charge on any atom is 0.168 e. The van der Waals surface area contributed by atoms with Crippen LogP contribution in [-0.4, -0.2) is 5.78 Å². The zero-order valence-corrected chi connectivity index (χ0v) is 11.8. The number of carbonyl (C=O) groups excluding carboxylic acids is 1. The highest BCUT2D eigenvalue weighted by atomic mass is 19.1. The zero-order valence-electron chi connectivity index (χ0n) is 11.8. The standard InChI is InChI=1S/C19H15FO/c1-14(2)13-19(21)18-6-4-3-5-16(18)10-7-15-8-11-17(20)12-9-15/h3-6,8-9,11-12H,1,13H2,2H3. The minimum absolute atomic E-state index is 0.00602. The van der Waals surface area contributed by atoms with Crippen molar-refractivity contribution in [3.05, 3.63) is 83.2 Å². The molecule has 0 radical (unpaired) electrons. The number of halogens is 1. The van der Waals surface area contributed by atoms with Gasteiger partial charge in [-0.1, -0.05) is 42.2 Å². The summed E-state index contributed by atoms with van der Waals surface area (Å²) in [5.41, 5.74) is 2.79. The molecule has 1 nitrogen and oxygen atoms in total. The number of allylic oxidation sites excluding steroid dienone is 1. The molecule has 0 fully saturated rings. The summed E-state index contributed by atoms with van der Waals surface area (Å²) in [4.78, 5) is 12.2. The lowest BCUT2D eigenvalue weighted by Gasteiger charge is -2.03. The van der Waals surface area contributed by atoms with Crippen molar-refractivity contribution in [3.8, 4) is 11.8 Å². The van der Waals surface area contributed by atoms with Crippen molar-refractivity contribution in [1.29, 1.82) is 0 Å². The average molecular weight is 278 g/mol. The van der Waals surface area contributed by atoms with Crippen molar-refractivity contribution in [2.75, 3.05) is 0 Å². The first-order chi connectivity index (χ1) is 10.1. The molecule has 0 bridgehead atoms. The van der Waals surface area contributed by atoms with Crippen molar-refractivity contribution in [2.24, 2.45) is 0 Å². The summed E-state index contributed by atoms with van der Waals surface area (Å²) in [5.74, 6) is 5.64. The molecular formula is C19H15FO. The lowest BCUT2D eigenvalue weighted by molar-refractivity contribution is 0.0993. The predicted molar refractivity (Wildman–Crippen MR) is 82.6 cm³/mol. The number of rotatable bonds is 3. The van der Waals surface area contributed by atoms with E-state index >= 15 is 0 Å². The molecule has 0 spiro atoms. The number of benzene rings is 2. The molecule has 0 aromatic heterocycles. The lowest BCUT2D eigenvalue weighted by Crippen LogP contribution is -2.02. The molecule has 2 heteroatoms. The fourth-order valence-corrected chi connectivity index (χ4v) is 1.88. The summed E-state index contributed by atoms with van der Waals surface area (Å²) < 4.78 is 12.8. The highest BCUT2D eigenvalue weighted by Gasteiger charge is 2.09. The van der Waals surface area contributed by atoms with Gasteiger partial charge < -0.3 is 0 Å². The molecule has 0 N–H and O–H groups in total. The zero-order chi connectivity index (χ0) is 15.2. The fourth-order valence-electron chi connectivity index (χ4n) is 1.88. The van der Waals surface area contributed by atoms with Crippen molar-refractivity contribution < 1.29 is 9.18 Å². The number of hydrogen-bond acceptors (Lipinski definition) is 1. The van der Waals surface area contributed by atoms with Gasteiger partial charge in [-0.15, -0.1) is 0 Å². The van der Waals surface area contributed by atoms with Gasteiger partial charge in [0.05, 0.1) is 0 Å². The van der Waals surface area contributed by atoms with E-state index in [1.807, 2.05) is 25.1 Å². The van der Waals surface area contributed by atoms with Gasteiger partial charge in [-0.05, 0) is 37.3 Å². The van der Waals surface area contributed by atoms with E-state index in [-0.39, 0.29) is 11.6 Å². The Morgan fingerprint density at radius 3 is 2.43 bits per heavy atom. The van der Waals surface area contributed by atoms with Crippen LogP contribution in [0.15, 0.2) is 60.7 Å². The summed E-state index contributed by atoms with van der Waals surface area (Å²) in [6.07, 6.45) is 0.315. The second-order valence-corrected chi connectivity index (χ2v) is 4.86. The number of Topliss-reactive ketones (excluding diaryl/α,β-unsaturated/α-hetero) is 1. The normalized spacial score (nSPS) is 9.62. The van der Waals surface area contributed by atoms with E-state index in [2.05, 4.69) is 18.4 Å². The van der Waals surface area contributed by atoms with Gasteiger partial charge in [-0.25, -0.2) is 4.39 Å². The molecule has 0 aliphatic heterocycles. The van der Waals surface area contributed by atoms with Gasteiger partial charge >= 0.3 is 0 Å². The molecular weight excluding hydrogens is 263 g/mol. The van der Waals surface area contributed by atoms with Gasteiger partial charge in [-0.2, -0.15) is 0 Å². The Kier molecular flexibility index (Phi) is 4.68. The van der Waals surface area contributed by atoms with Crippen LogP contribution in [0.25, 0.3) is 0 Å². The van der Waals surface area contributed by atoms with Crippen LogP contribution in [0, 0.1) is 17.7 Å². The monoisotopic (exact) mass is 278 g/mol. The molecule has 0 aliphatic carbocycles. The second-order valence-electron chi connectivity index (χ2n) is 4.86. The Morgan fingerprint density at radius 2 is 1.76 bits per heavy atom. The third-order valence-electron chi connectivity index (χ3n) is 2.88. The first kappa shape index (κ1) is 14.7. The van der Waals surface area contributed by atoms with Crippen LogP contribution in [0.4, 0.5) is 4.39 Å². The molecule has 2 aromatic carbocycles. The highest BCUT2D eigenvalue weighted by Crippen LogP contribution is 2.13. The van der Waals surface area contributed by atoms with Gasteiger partial charge in [0.1, 0.15) is 5.82 Å². The topological polar surface area (TPSA) is 17.1 Å². The summed E-state index contributed by atoms with van der Waals surface area (Å²) in [7, 11) is 0. The first-order valence-electron chi connectivity index (χ1n) is 6.60. The lowest BCUT2D eigenvalue weighted by atomic mass is 9.99. The van der Waals surface area contributed by atoms with E-state index in [0.717, 1.165) is 5.57 Å². The Bertz CT molecular complexity index is 730. The smallest absolute Gasteiger partial charge is 0.168 e. The largest absolute Gasteiger partial charge is 0.294 e. The van der Waals surface area contributed by atoms with Crippen molar-refractivity contribution in [1.82, 2.24) is 0 Å². The van der Waals surface area contributed by atoms with Gasteiger partial charge in [0.25, 0.3) is 0 Å². The van der Waals surface area contributed by atoms with E-state index in [1.165, 1.54) is 12.1 Å². The molecule has 0 saturated carbocycles. The van der Waals surface area contributed by atoms with Crippen LogP contribution >= 0.6 is 0 Å². The molecule has 0 aliphatic rings. The maximum atomic E-state index is 12.8. The molecule has 0 heterocycles. The van der Waals surface area contributed by atoms with Gasteiger partial charge in [0.2, 0.25) is 0 Å². The molecule has 2 aromatic rings. The van der Waals surface area contributed by atoms with Gasteiger partial charge in [0, 0.05) is 23.1 Å². The third kappa shape index (κ3) is 4.15. The first-order valence-corrected chi connectivity index (χ1v) is 6.60. The van der Waals surface area contributed by atoms with E-state index in [9.17, 15) is 9.18 Å². The van der Waals surface area contributed by atoms with Crippen LogP contribution in [-0.2, 0) is 0 Å². The SMILES string of the molecule is C=C(C)CC(=O)c1ccccc1C#Cc1ccc(F)cc1. The highest BCUT2D eigenvalue weighted by molar-refractivity contribution is 5.99. The third-order valence-corrected chi connectivity index (χ3v) is 2.88. The van der Waals surface area contributed by atoms with Crippen LogP contribution in [0.1, 0.15) is 34.8 Å². The van der Waals surface area contributed by atoms with Crippen molar-refractivity contribution >= 4 is 5.78 Å². The quantitative estimate of drug-likeness (QED) is 0.463. The Morgan fingerprint density at radius 1 is 1.10 bits per heavy atom. The fraction of sp³-hybridized carbons (Fsp3) is 0.105. The number of carbonyl (C=O) groups is 1. The summed E-state index contributed by atoms with van der Waals surface area (Å²) in [5, 5.41) is 0. The number of ketones is 1. The van der Waals surface area contributed by atoms with Crippen LogP contribution in [0.3, 0.4) is 0 Å². The van der Waals surface area contributed by atoms with Gasteiger partial charge in [-0.3, -0.25) is 4.79 Å². The Hall–Kier alpha value is -2.66. The molecule has 0 atom stereocenters. The Balaban J connectivity index is 2.31. The molecule has 0 unspecified atom stereocenters. The van der Waals surface area contributed by atoms with Crippen molar-refractivity contribution in [3.63, 3.8) is 0 Å². The van der Waals surface area contributed by atoms with E-state index in [1.54, 1.807) is 18.2 Å². The van der Waals surface area contributed by atoms with E-state index in [4.69, 9.17) is 0 Å². The summed E-state index contributed by atoms with van der Waals surface area (Å²) >= 11 is 0. The average Bonchev–Trinajstić information content (AvgIpc) is 2.46. The molecule has 2 rings (SSSR count). The van der Waals surface area contributed by atoms with Crippen molar-refractivity contribution in [2.45, 2.75) is 13.3 Å². The van der Waals surface area contributed by atoms with E-state index < -0.39 is 0 Å². The summed E-state index contributed by atoms with van der Waals surface area (Å²) in [6, 6.07) is 13.2.